The molecule has 2 amide bonds. The van der Waals surface area contributed by atoms with E-state index in [0.717, 1.165) is 24.0 Å². The third kappa shape index (κ3) is 9.20. The van der Waals surface area contributed by atoms with Crippen molar-refractivity contribution in [3.63, 3.8) is 0 Å². The van der Waals surface area contributed by atoms with Crippen molar-refractivity contribution in [1.29, 1.82) is 0 Å². The number of rotatable bonds is 14. The van der Waals surface area contributed by atoms with Crippen LogP contribution in [0.3, 0.4) is 0 Å². The summed E-state index contributed by atoms with van der Waals surface area (Å²) >= 11 is 0. The molecule has 0 unspecified atom stereocenters. The zero-order valence-electron chi connectivity index (χ0n) is 28.1. The van der Waals surface area contributed by atoms with Gasteiger partial charge in [0, 0.05) is 78.5 Å². The average Bonchev–Trinajstić information content (AvgIpc) is 3.49. The number of nitrogens with zero attached hydrogens (tertiary/aromatic N) is 5. The van der Waals surface area contributed by atoms with E-state index in [0.29, 0.717) is 80.9 Å². The van der Waals surface area contributed by atoms with Gasteiger partial charge in [-0.15, -0.1) is 0 Å². The van der Waals surface area contributed by atoms with Gasteiger partial charge >= 0.3 is 0 Å². The van der Waals surface area contributed by atoms with Crippen LogP contribution in [-0.4, -0.2) is 109 Å². The number of fused-ring (bicyclic) bond motifs is 1. The molecule has 2 aliphatic heterocycles. The summed E-state index contributed by atoms with van der Waals surface area (Å²) in [6.07, 6.45) is 2.74. The third-order valence-corrected chi connectivity index (χ3v) is 8.90. The lowest BCUT2D eigenvalue weighted by Gasteiger charge is -2.32. The Morgan fingerprint density at radius 3 is 2.69 bits per heavy atom. The van der Waals surface area contributed by atoms with Gasteiger partial charge in [-0.3, -0.25) is 14.5 Å². The maximum atomic E-state index is 14.9. The first-order chi connectivity index (χ1) is 23.1. The van der Waals surface area contributed by atoms with Gasteiger partial charge in [-0.1, -0.05) is 0 Å². The molecule has 1 atom stereocenters. The van der Waals surface area contributed by atoms with Crippen molar-refractivity contribution < 1.29 is 33.0 Å². The number of amides is 2. The number of hydrogen-bond donors (Lipinski definition) is 3. The predicted molar refractivity (Wildman–Crippen MR) is 178 cm³/mol. The summed E-state index contributed by atoms with van der Waals surface area (Å²) in [7, 11) is 3.52. The van der Waals surface area contributed by atoms with Gasteiger partial charge in [-0.05, 0) is 61.6 Å². The molecule has 14 heteroatoms. The van der Waals surface area contributed by atoms with Crippen molar-refractivity contribution in [1.82, 2.24) is 25.1 Å². The van der Waals surface area contributed by atoms with E-state index < -0.39 is 11.9 Å². The molecule has 2 aromatic heterocycles. The SMILES string of the molecule is COCCN(C)c1cc(C(=O)NC[C@H](O)CN2CCc3cc(OCc4ocnc4C)c(F)cc3C2)cc(NC2CCN(C(C)=O)CC2)n1. The summed E-state index contributed by atoms with van der Waals surface area (Å²) in [5.74, 6) is 1.20. The van der Waals surface area contributed by atoms with Crippen LogP contribution in [0.5, 0.6) is 5.75 Å². The molecule has 1 fully saturated rings. The Balaban J connectivity index is 1.16. The number of anilines is 2. The molecule has 0 bridgehead atoms. The Bertz CT molecular complexity index is 1560. The smallest absolute Gasteiger partial charge is 0.251 e. The van der Waals surface area contributed by atoms with Gasteiger partial charge in [0.05, 0.1) is 18.4 Å². The highest BCUT2D eigenvalue weighted by Gasteiger charge is 2.24. The number of hydrogen-bond acceptors (Lipinski definition) is 11. The normalized spacial score (nSPS) is 15.9. The van der Waals surface area contributed by atoms with Crippen LogP contribution in [0.25, 0.3) is 0 Å². The second-order valence-corrected chi connectivity index (χ2v) is 12.5. The van der Waals surface area contributed by atoms with Crippen LogP contribution in [0, 0.1) is 12.7 Å². The Morgan fingerprint density at radius 2 is 1.98 bits per heavy atom. The molecule has 13 nitrogen and oxygen atoms in total. The Labute approximate surface area is 280 Å². The quantitative estimate of drug-likeness (QED) is 0.233. The highest BCUT2D eigenvalue weighted by molar-refractivity contribution is 5.95. The monoisotopic (exact) mass is 667 g/mol. The van der Waals surface area contributed by atoms with Gasteiger partial charge in [-0.25, -0.2) is 14.4 Å². The summed E-state index contributed by atoms with van der Waals surface area (Å²) in [6.45, 7) is 7.42. The zero-order chi connectivity index (χ0) is 34.2. The number of likely N-dealkylation sites (N-methyl/N-ethyl adjacent to an activating group) is 1. The molecule has 3 N–H and O–H groups in total. The first-order valence-electron chi connectivity index (χ1n) is 16.4. The van der Waals surface area contributed by atoms with Crippen molar-refractivity contribution in [2.45, 2.75) is 58.4 Å². The number of aryl methyl sites for hydroxylation is 1. The summed E-state index contributed by atoms with van der Waals surface area (Å²) in [4.78, 5) is 39.6. The minimum atomic E-state index is -0.831. The second kappa shape index (κ2) is 16.2. The number of β-amino-alcohol motifs (C(OH)–C–C–N with tert-alkyl or cyclic N) is 1. The highest BCUT2D eigenvalue weighted by Crippen LogP contribution is 2.28. The minimum Gasteiger partial charge on any atom is -0.482 e. The number of aromatic nitrogens is 2. The summed E-state index contributed by atoms with van der Waals surface area (Å²) in [5.41, 5.74) is 2.96. The molecule has 3 aromatic rings. The van der Waals surface area contributed by atoms with Crippen LogP contribution in [0.2, 0.25) is 0 Å². The van der Waals surface area contributed by atoms with Gasteiger partial charge in [0.15, 0.2) is 23.7 Å². The first kappa shape index (κ1) is 35.0. The van der Waals surface area contributed by atoms with Gasteiger partial charge in [0.1, 0.15) is 18.2 Å². The van der Waals surface area contributed by atoms with Crippen LogP contribution in [0.15, 0.2) is 35.1 Å². The molecular weight excluding hydrogens is 621 g/mol. The molecular formula is C34H46FN7O6. The molecule has 1 saturated heterocycles. The Kier molecular flexibility index (Phi) is 11.8. The van der Waals surface area contributed by atoms with E-state index in [1.807, 2.05) is 21.7 Å². The highest BCUT2D eigenvalue weighted by atomic mass is 19.1. The number of halogens is 1. The average molecular weight is 668 g/mol. The lowest BCUT2D eigenvalue weighted by Crippen LogP contribution is -2.42. The standard InChI is InChI=1S/C34H46FN7O6/c1-22-31(48-21-37-22)20-47-30-14-24-5-8-41(18-26(24)13-29(30)35)19-28(44)17-36-34(45)25-15-32(39-33(16-25)40(3)11-12-46-4)38-27-6-9-42(10-7-27)23(2)43/h13-16,21,27-28,44H,5-12,17-20H2,1-4H3,(H,36,45)(H,38,39)/t28-/m0/s1. The number of methoxy groups -OCH3 is 1. The fourth-order valence-corrected chi connectivity index (χ4v) is 5.97. The maximum Gasteiger partial charge on any atom is 0.251 e. The van der Waals surface area contributed by atoms with Crippen molar-refractivity contribution in [2.24, 2.45) is 0 Å². The predicted octanol–water partition coefficient (Wildman–Crippen LogP) is 2.75. The number of likely N-dealkylation sites (tertiary alicyclic amines) is 1. The molecule has 0 saturated carbocycles. The molecule has 0 aliphatic carbocycles. The summed E-state index contributed by atoms with van der Waals surface area (Å²) in [5, 5.41) is 17.2. The van der Waals surface area contributed by atoms with Crippen LogP contribution in [0.1, 0.15) is 52.7 Å². The fraction of sp³-hybridized carbons (Fsp3) is 0.529. The molecule has 2 aliphatic rings. The molecule has 1 aromatic carbocycles. The number of carbonyl (C=O) groups excluding carboxylic acids is 2. The van der Waals surface area contributed by atoms with E-state index in [1.54, 1.807) is 39.2 Å². The third-order valence-electron chi connectivity index (χ3n) is 8.90. The zero-order valence-corrected chi connectivity index (χ0v) is 28.1. The summed E-state index contributed by atoms with van der Waals surface area (Å²) in [6, 6.07) is 6.78. The molecule has 260 valence electrons. The van der Waals surface area contributed by atoms with Crippen molar-refractivity contribution >= 4 is 23.5 Å². The molecule has 0 spiro atoms. The maximum absolute atomic E-state index is 14.9. The molecule has 4 heterocycles. The van der Waals surface area contributed by atoms with Gasteiger partial charge in [0.2, 0.25) is 5.91 Å². The lowest BCUT2D eigenvalue weighted by atomic mass is 9.99. The number of benzene rings is 1. The van der Waals surface area contributed by atoms with E-state index in [1.165, 1.54) is 12.5 Å². The van der Waals surface area contributed by atoms with Crippen LogP contribution in [0.4, 0.5) is 16.0 Å². The molecule has 48 heavy (non-hydrogen) atoms. The molecule has 5 rings (SSSR count). The Morgan fingerprint density at radius 1 is 1.19 bits per heavy atom. The number of aliphatic hydroxyl groups excluding tert-OH is 1. The second-order valence-electron chi connectivity index (χ2n) is 12.5. The number of aliphatic hydroxyl groups is 1. The van der Waals surface area contributed by atoms with E-state index in [2.05, 4.69) is 15.6 Å². The van der Waals surface area contributed by atoms with Gasteiger partial charge in [-0.2, -0.15) is 0 Å². The number of pyridine rings is 1. The van der Waals surface area contributed by atoms with Gasteiger partial charge < -0.3 is 39.4 Å². The fourth-order valence-electron chi connectivity index (χ4n) is 5.97. The topological polar surface area (TPSA) is 146 Å². The number of ether oxygens (including phenoxy) is 2. The van der Waals surface area contributed by atoms with Crippen molar-refractivity contribution in [3.05, 3.63) is 64.6 Å². The van der Waals surface area contributed by atoms with Crippen molar-refractivity contribution in [2.75, 3.05) is 70.2 Å². The van der Waals surface area contributed by atoms with E-state index >= 15 is 0 Å². The van der Waals surface area contributed by atoms with E-state index in [4.69, 9.17) is 18.9 Å². The van der Waals surface area contributed by atoms with E-state index in [9.17, 15) is 19.1 Å². The number of nitrogens with one attached hydrogen (secondary N) is 2. The van der Waals surface area contributed by atoms with Crippen molar-refractivity contribution in [3.8, 4) is 5.75 Å². The van der Waals surface area contributed by atoms with Crippen LogP contribution >= 0.6 is 0 Å². The number of carbonyl (C=O) groups is 2. The number of piperidine rings is 1. The number of oxazole rings is 1. The summed E-state index contributed by atoms with van der Waals surface area (Å²) < 4.78 is 31.1. The van der Waals surface area contributed by atoms with Crippen LogP contribution < -0.4 is 20.3 Å². The van der Waals surface area contributed by atoms with Gasteiger partial charge in [0.25, 0.3) is 5.91 Å². The minimum absolute atomic E-state index is 0.0494. The Hall–Kier alpha value is -4.27. The largest absolute Gasteiger partial charge is 0.482 e. The lowest BCUT2D eigenvalue weighted by molar-refractivity contribution is -0.129. The first-order valence-corrected chi connectivity index (χ1v) is 16.4. The van der Waals surface area contributed by atoms with Crippen LogP contribution in [-0.2, 0) is 29.1 Å². The molecule has 0 radical (unpaired) electrons. The van der Waals surface area contributed by atoms with E-state index in [-0.39, 0.29) is 36.8 Å².